The summed E-state index contributed by atoms with van der Waals surface area (Å²) in [5.74, 6) is 4.96. The Bertz CT molecular complexity index is 349. The zero-order valence-electron chi connectivity index (χ0n) is 8.30. The molecule has 15 heavy (non-hydrogen) atoms. The summed E-state index contributed by atoms with van der Waals surface area (Å²) in [6.07, 6.45) is -3.43. The SMILES string of the molecule is CC(C)(ON)c1cccnc1C(F)(F)F. The molecule has 0 saturated heterocycles. The quantitative estimate of drug-likeness (QED) is 0.777. The average Bonchev–Trinajstić information content (AvgIpc) is 2.16. The molecule has 0 aliphatic rings. The first-order valence-electron chi connectivity index (χ1n) is 4.19. The summed E-state index contributed by atoms with van der Waals surface area (Å²) < 4.78 is 37.7. The van der Waals surface area contributed by atoms with Crippen LogP contribution in [0.25, 0.3) is 0 Å². The summed E-state index contributed by atoms with van der Waals surface area (Å²) >= 11 is 0. The highest BCUT2D eigenvalue weighted by molar-refractivity contribution is 5.27. The fraction of sp³-hybridized carbons (Fsp3) is 0.444. The van der Waals surface area contributed by atoms with E-state index in [1.807, 2.05) is 0 Å². The third-order valence-corrected chi connectivity index (χ3v) is 2.02. The zero-order chi connectivity index (χ0) is 11.7. The fourth-order valence-electron chi connectivity index (χ4n) is 1.18. The van der Waals surface area contributed by atoms with Crippen molar-refractivity contribution in [1.29, 1.82) is 0 Å². The first kappa shape index (κ1) is 11.9. The molecule has 0 aromatic carbocycles. The number of hydrogen-bond donors (Lipinski definition) is 1. The highest BCUT2D eigenvalue weighted by Gasteiger charge is 2.39. The van der Waals surface area contributed by atoms with Gasteiger partial charge >= 0.3 is 6.18 Å². The molecule has 0 spiro atoms. The minimum atomic E-state index is -4.51. The number of nitrogens with two attached hydrogens (primary N) is 1. The lowest BCUT2D eigenvalue weighted by atomic mass is 9.96. The molecule has 6 heteroatoms. The number of aromatic nitrogens is 1. The van der Waals surface area contributed by atoms with Gasteiger partial charge in [0.2, 0.25) is 0 Å². The van der Waals surface area contributed by atoms with Gasteiger partial charge in [0.15, 0.2) is 5.69 Å². The van der Waals surface area contributed by atoms with Crippen LogP contribution in [0.5, 0.6) is 0 Å². The Morgan fingerprint density at radius 1 is 1.33 bits per heavy atom. The Balaban J connectivity index is 3.31. The van der Waals surface area contributed by atoms with Gasteiger partial charge in [-0.15, -0.1) is 0 Å². The van der Waals surface area contributed by atoms with E-state index < -0.39 is 17.5 Å². The molecule has 0 amide bonds. The smallest absolute Gasteiger partial charge is 0.294 e. The van der Waals surface area contributed by atoms with E-state index in [-0.39, 0.29) is 5.56 Å². The van der Waals surface area contributed by atoms with E-state index in [0.29, 0.717) is 0 Å². The summed E-state index contributed by atoms with van der Waals surface area (Å²) in [6.45, 7) is 2.89. The molecule has 3 nitrogen and oxygen atoms in total. The number of pyridine rings is 1. The largest absolute Gasteiger partial charge is 0.433 e. The second-order valence-electron chi connectivity index (χ2n) is 3.53. The van der Waals surface area contributed by atoms with Crippen molar-refractivity contribution >= 4 is 0 Å². The predicted molar refractivity (Wildman–Crippen MR) is 47.5 cm³/mol. The molecule has 1 aromatic heterocycles. The van der Waals surface area contributed by atoms with Crippen molar-refractivity contribution in [1.82, 2.24) is 4.98 Å². The molecular weight excluding hydrogens is 209 g/mol. The van der Waals surface area contributed by atoms with Crippen LogP contribution >= 0.6 is 0 Å². The maximum absolute atomic E-state index is 12.6. The second-order valence-corrected chi connectivity index (χ2v) is 3.53. The van der Waals surface area contributed by atoms with Gasteiger partial charge in [-0.1, -0.05) is 6.07 Å². The number of hydrogen-bond acceptors (Lipinski definition) is 3. The summed E-state index contributed by atoms with van der Waals surface area (Å²) in [4.78, 5) is 7.82. The maximum Gasteiger partial charge on any atom is 0.433 e. The van der Waals surface area contributed by atoms with Gasteiger partial charge in [-0.2, -0.15) is 13.2 Å². The van der Waals surface area contributed by atoms with Crippen LogP contribution in [-0.4, -0.2) is 4.98 Å². The van der Waals surface area contributed by atoms with Gasteiger partial charge in [0.05, 0.1) is 0 Å². The Morgan fingerprint density at radius 3 is 2.40 bits per heavy atom. The lowest BCUT2D eigenvalue weighted by Crippen LogP contribution is -2.29. The van der Waals surface area contributed by atoms with Crippen molar-refractivity contribution < 1.29 is 18.0 Å². The van der Waals surface area contributed by atoms with Crippen molar-refractivity contribution in [2.45, 2.75) is 25.6 Å². The lowest BCUT2D eigenvalue weighted by Gasteiger charge is -2.25. The molecule has 0 atom stereocenters. The van der Waals surface area contributed by atoms with Crippen LogP contribution in [0.2, 0.25) is 0 Å². The van der Waals surface area contributed by atoms with Crippen LogP contribution in [-0.2, 0) is 16.6 Å². The van der Waals surface area contributed by atoms with E-state index in [0.717, 1.165) is 6.20 Å². The fourth-order valence-corrected chi connectivity index (χ4v) is 1.18. The zero-order valence-corrected chi connectivity index (χ0v) is 8.30. The van der Waals surface area contributed by atoms with Crippen molar-refractivity contribution in [2.75, 3.05) is 0 Å². The van der Waals surface area contributed by atoms with E-state index in [2.05, 4.69) is 9.82 Å². The molecule has 2 N–H and O–H groups in total. The van der Waals surface area contributed by atoms with Gasteiger partial charge in [-0.3, -0.25) is 9.82 Å². The monoisotopic (exact) mass is 220 g/mol. The molecule has 0 saturated carbocycles. The van der Waals surface area contributed by atoms with E-state index in [4.69, 9.17) is 5.90 Å². The maximum atomic E-state index is 12.6. The Hall–Kier alpha value is -1.14. The molecule has 0 bridgehead atoms. The van der Waals surface area contributed by atoms with Gasteiger partial charge in [0.25, 0.3) is 0 Å². The highest BCUT2D eigenvalue weighted by atomic mass is 19.4. The van der Waals surface area contributed by atoms with Crippen LogP contribution in [0.4, 0.5) is 13.2 Å². The van der Waals surface area contributed by atoms with Crippen molar-refractivity contribution in [3.63, 3.8) is 0 Å². The second kappa shape index (κ2) is 3.79. The standard InChI is InChI=1S/C9H11F3N2O/c1-8(2,15-13)6-4-3-5-14-7(6)9(10,11)12/h3-5H,13H2,1-2H3. The minimum Gasteiger partial charge on any atom is -0.294 e. The van der Waals surface area contributed by atoms with Crippen LogP contribution < -0.4 is 5.90 Å². The molecule has 1 aromatic rings. The Kier molecular flexibility index (Phi) is 3.01. The number of halogens is 3. The van der Waals surface area contributed by atoms with E-state index in [1.165, 1.54) is 26.0 Å². The Morgan fingerprint density at radius 2 is 1.93 bits per heavy atom. The molecule has 84 valence electrons. The molecular formula is C9H11F3N2O. The lowest BCUT2D eigenvalue weighted by molar-refractivity contribution is -0.145. The summed E-state index contributed by atoms with van der Waals surface area (Å²) in [6, 6.07) is 2.70. The molecule has 0 fully saturated rings. The Labute approximate surface area is 85.0 Å². The van der Waals surface area contributed by atoms with Gasteiger partial charge in [-0.05, 0) is 19.9 Å². The molecule has 0 aliphatic heterocycles. The molecule has 1 heterocycles. The summed E-state index contributed by atoms with van der Waals surface area (Å²) in [7, 11) is 0. The van der Waals surface area contributed by atoms with Gasteiger partial charge in [0, 0.05) is 11.8 Å². The molecule has 0 unspecified atom stereocenters. The molecule has 0 radical (unpaired) electrons. The third-order valence-electron chi connectivity index (χ3n) is 2.02. The van der Waals surface area contributed by atoms with Crippen LogP contribution in [0, 0.1) is 0 Å². The third kappa shape index (κ3) is 2.45. The van der Waals surface area contributed by atoms with Gasteiger partial charge in [-0.25, -0.2) is 5.90 Å². The van der Waals surface area contributed by atoms with Crippen molar-refractivity contribution in [2.24, 2.45) is 5.90 Å². The first-order valence-corrected chi connectivity index (χ1v) is 4.19. The number of nitrogens with zero attached hydrogens (tertiary/aromatic N) is 1. The van der Waals surface area contributed by atoms with Crippen molar-refractivity contribution in [3.8, 4) is 0 Å². The minimum absolute atomic E-state index is 0.0833. The van der Waals surface area contributed by atoms with E-state index in [9.17, 15) is 13.2 Å². The average molecular weight is 220 g/mol. The summed E-state index contributed by atoms with van der Waals surface area (Å²) in [5, 5.41) is 0. The van der Waals surface area contributed by atoms with Crippen LogP contribution in [0.3, 0.4) is 0 Å². The van der Waals surface area contributed by atoms with E-state index in [1.54, 1.807) is 0 Å². The topological polar surface area (TPSA) is 48.1 Å². The summed E-state index contributed by atoms with van der Waals surface area (Å²) in [5.41, 5.74) is -2.28. The van der Waals surface area contributed by atoms with Gasteiger partial charge in [0.1, 0.15) is 5.60 Å². The van der Waals surface area contributed by atoms with Gasteiger partial charge < -0.3 is 0 Å². The number of alkyl halides is 3. The van der Waals surface area contributed by atoms with Crippen LogP contribution in [0.1, 0.15) is 25.1 Å². The molecule has 1 rings (SSSR count). The van der Waals surface area contributed by atoms with E-state index >= 15 is 0 Å². The predicted octanol–water partition coefficient (Wildman–Crippen LogP) is 2.23. The number of rotatable bonds is 2. The van der Waals surface area contributed by atoms with Crippen LogP contribution in [0.15, 0.2) is 18.3 Å². The normalized spacial score (nSPS) is 12.9. The molecule has 0 aliphatic carbocycles. The first-order chi connectivity index (χ1) is 6.79. The van der Waals surface area contributed by atoms with Crippen molar-refractivity contribution in [3.05, 3.63) is 29.6 Å². The highest BCUT2D eigenvalue weighted by Crippen LogP contribution is 2.35.